The van der Waals surface area contributed by atoms with Gasteiger partial charge in [-0.25, -0.2) is 4.39 Å². The third kappa shape index (κ3) is 4.03. The van der Waals surface area contributed by atoms with Crippen LogP contribution in [0.2, 0.25) is 0 Å². The molecule has 1 aromatic carbocycles. The van der Waals surface area contributed by atoms with Crippen molar-refractivity contribution in [3.05, 3.63) is 34.1 Å². The van der Waals surface area contributed by atoms with Gasteiger partial charge in [-0.3, -0.25) is 0 Å². The van der Waals surface area contributed by atoms with Gasteiger partial charge in [0.25, 0.3) is 0 Å². The highest BCUT2D eigenvalue weighted by Gasteiger charge is 2.37. The van der Waals surface area contributed by atoms with Crippen LogP contribution in [0, 0.1) is 11.7 Å². The van der Waals surface area contributed by atoms with Gasteiger partial charge in [0, 0.05) is 12.6 Å². The third-order valence-corrected chi connectivity index (χ3v) is 4.67. The second-order valence-electron chi connectivity index (χ2n) is 5.34. The molecule has 0 radical (unpaired) electrons. The summed E-state index contributed by atoms with van der Waals surface area (Å²) in [4.78, 5) is 0. The maximum atomic E-state index is 13.6. The summed E-state index contributed by atoms with van der Waals surface area (Å²) in [6.07, 6.45) is 3.51. The summed E-state index contributed by atoms with van der Waals surface area (Å²) in [6, 6.07) is 5.47. The maximum Gasteiger partial charge on any atom is 0.137 e. The molecule has 0 bridgehead atoms. The fraction of sp³-hybridized carbons (Fsp3) is 0.625. The van der Waals surface area contributed by atoms with Gasteiger partial charge in [-0.15, -0.1) is 0 Å². The summed E-state index contributed by atoms with van der Waals surface area (Å²) >= 11 is 3.36. The standard InChI is InChI=1S/C16H23BrFNO/c1-3-19-14(16(20-4-2)11-8-9-11)10-12-6-5-7-13(18)15(12)17/h5-7,11,14,16,19H,3-4,8-10H2,1-2H3. The molecule has 2 rings (SSSR count). The molecule has 4 heteroatoms. The monoisotopic (exact) mass is 343 g/mol. The van der Waals surface area contributed by atoms with Crippen molar-refractivity contribution in [3.8, 4) is 0 Å². The Morgan fingerprint density at radius 2 is 2.15 bits per heavy atom. The second kappa shape index (κ2) is 7.53. The molecule has 1 fully saturated rings. The van der Waals surface area contributed by atoms with Crippen molar-refractivity contribution >= 4 is 15.9 Å². The van der Waals surface area contributed by atoms with E-state index in [9.17, 15) is 4.39 Å². The Hall–Kier alpha value is -0.450. The minimum atomic E-state index is -0.197. The zero-order chi connectivity index (χ0) is 14.5. The average Bonchev–Trinajstić information content (AvgIpc) is 3.25. The molecule has 1 saturated carbocycles. The number of hydrogen-bond acceptors (Lipinski definition) is 2. The normalized spacial score (nSPS) is 18.0. The largest absolute Gasteiger partial charge is 0.377 e. The van der Waals surface area contributed by atoms with Crippen LogP contribution in [0.4, 0.5) is 4.39 Å². The van der Waals surface area contributed by atoms with Crippen LogP contribution in [-0.4, -0.2) is 25.3 Å². The van der Waals surface area contributed by atoms with Crippen molar-refractivity contribution < 1.29 is 9.13 Å². The van der Waals surface area contributed by atoms with E-state index in [0.717, 1.165) is 25.1 Å². The lowest BCUT2D eigenvalue weighted by molar-refractivity contribution is 0.0195. The Kier molecular flexibility index (Phi) is 6.00. The van der Waals surface area contributed by atoms with Gasteiger partial charge in [-0.1, -0.05) is 19.1 Å². The van der Waals surface area contributed by atoms with Gasteiger partial charge >= 0.3 is 0 Å². The summed E-state index contributed by atoms with van der Waals surface area (Å²) in [5.74, 6) is 0.462. The average molecular weight is 344 g/mol. The van der Waals surface area contributed by atoms with Crippen LogP contribution < -0.4 is 5.32 Å². The first-order chi connectivity index (χ1) is 9.67. The zero-order valence-electron chi connectivity index (χ0n) is 12.2. The van der Waals surface area contributed by atoms with E-state index in [-0.39, 0.29) is 18.0 Å². The Morgan fingerprint density at radius 3 is 2.75 bits per heavy atom. The molecule has 0 heterocycles. The van der Waals surface area contributed by atoms with Crippen molar-refractivity contribution in [2.45, 2.75) is 45.3 Å². The van der Waals surface area contributed by atoms with E-state index >= 15 is 0 Å². The summed E-state index contributed by atoms with van der Waals surface area (Å²) in [7, 11) is 0. The van der Waals surface area contributed by atoms with Gasteiger partial charge in [0.1, 0.15) is 5.82 Å². The van der Waals surface area contributed by atoms with Gasteiger partial charge in [-0.2, -0.15) is 0 Å². The molecular formula is C16H23BrFNO. The molecule has 1 aromatic rings. The zero-order valence-corrected chi connectivity index (χ0v) is 13.7. The summed E-state index contributed by atoms with van der Waals surface area (Å²) in [6.45, 7) is 5.77. The van der Waals surface area contributed by atoms with Crippen LogP contribution in [0.15, 0.2) is 22.7 Å². The lowest BCUT2D eigenvalue weighted by Crippen LogP contribution is -2.44. The highest BCUT2D eigenvalue weighted by Crippen LogP contribution is 2.37. The summed E-state index contributed by atoms with van der Waals surface area (Å²) in [5, 5.41) is 3.52. The Labute approximate surface area is 129 Å². The summed E-state index contributed by atoms with van der Waals surface area (Å²) in [5.41, 5.74) is 1.00. The first kappa shape index (κ1) is 15.9. The highest BCUT2D eigenvalue weighted by molar-refractivity contribution is 9.10. The van der Waals surface area contributed by atoms with Crippen LogP contribution in [0.5, 0.6) is 0 Å². The number of benzene rings is 1. The number of halogens is 2. The van der Waals surface area contributed by atoms with E-state index in [1.54, 1.807) is 6.07 Å². The van der Waals surface area contributed by atoms with E-state index in [4.69, 9.17) is 4.74 Å². The summed E-state index contributed by atoms with van der Waals surface area (Å²) < 4.78 is 20.2. The van der Waals surface area contributed by atoms with Crippen LogP contribution in [0.3, 0.4) is 0 Å². The van der Waals surface area contributed by atoms with Crippen molar-refractivity contribution in [1.82, 2.24) is 5.32 Å². The first-order valence-electron chi connectivity index (χ1n) is 7.45. The lowest BCUT2D eigenvalue weighted by atomic mass is 9.98. The van der Waals surface area contributed by atoms with E-state index < -0.39 is 0 Å². The Bertz CT molecular complexity index is 436. The lowest BCUT2D eigenvalue weighted by Gasteiger charge is -2.28. The maximum absolute atomic E-state index is 13.6. The number of likely N-dealkylation sites (N-methyl/N-ethyl adjacent to an activating group) is 1. The minimum Gasteiger partial charge on any atom is -0.377 e. The fourth-order valence-corrected chi connectivity index (χ4v) is 3.13. The number of hydrogen-bond donors (Lipinski definition) is 1. The topological polar surface area (TPSA) is 21.3 Å². The quantitative estimate of drug-likeness (QED) is 0.772. The molecule has 0 aliphatic heterocycles. The van der Waals surface area contributed by atoms with Gasteiger partial charge in [0.05, 0.1) is 10.6 Å². The molecule has 1 aliphatic carbocycles. The highest BCUT2D eigenvalue weighted by atomic mass is 79.9. The molecular weight excluding hydrogens is 321 g/mol. The van der Waals surface area contributed by atoms with Crippen LogP contribution in [0.25, 0.3) is 0 Å². The molecule has 20 heavy (non-hydrogen) atoms. The van der Waals surface area contributed by atoms with Crippen molar-refractivity contribution in [2.24, 2.45) is 5.92 Å². The van der Waals surface area contributed by atoms with E-state index in [0.29, 0.717) is 10.4 Å². The van der Waals surface area contributed by atoms with Crippen molar-refractivity contribution in [2.75, 3.05) is 13.2 Å². The molecule has 1 aliphatic rings. The van der Waals surface area contributed by atoms with E-state index in [2.05, 4.69) is 28.2 Å². The van der Waals surface area contributed by atoms with Crippen LogP contribution in [-0.2, 0) is 11.2 Å². The molecule has 112 valence electrons. The Balaban J connectivity index is 2.13. The van der Waals surface area contributed by atoms with Crippen molar-refractivity contribution in [3.63, 3.8) is 0 Å². The van der Waals surface area contributed by atoms with Gasteiger partial charge in [0.2, 0.25) is 0 Å². The SMILES string of the molecule is CCNC(Cc1cccc(F)c1Br)C(OCC)C1CC1. The van der Waals surface area contributed by atoms with Crippen molar-refractivity contribution in [1.29, 1.82) is 0 Å². The number of nitrogens with one attached hydrogen (secondary N) is 1. The number of rotatable bonds is 8. The van der Waals surface area contributed by atoms with Crippen LogP contribution in [0.1, 0.15) is 32.3 Å². The third-order valence-electron chi connectivity index (χ3n) is 3.78. The molecule has 1 N–H and O–H groups in total. The second-order valence-corrected chi connectivity index (χ2v) is 6.13. The molecule has 2 nitrogen and oxygen atoms in total. The predicted octanol–water partition coefficient (Wildman–Crippen LogP) is 3.92. The molecule has 0 aromatic heterocycles. The molecule has 0 spiro atoms. The fourth-order valence-electron chi connectivity index (χ4n) is 2.71. The van der Waals surface area contributed by atoms with E-state index in [1.165, 1.54) is 18.9 Å². The van der Waals surface area contributed by atoms with E-state index in [1.807, 2.05) is 13.0 Å². The van der Waals surface area contributed by atoms with Gasteiger partial charge in [0.15, 0.2) is 0 Å². The minimum absolute atomic E-state index is 0.197. The smallest absolute Gasteiger partial charge is 0.137 e. The first-order valence-corrected chi connectivity index (χ1v) is 8.24. The Morgan fingerprint density at radius 1 is 1.40 bits per heavy atom. The molecule has 2 atom stereocenters. The molecule has 0 amide bonds. The van der Waals surface area contributed by atoms with Gasteiger partial charge in [-0.05, 0) is 66.2 Å². The predicted molar refractivity (Wildman–Crippen MR) is 83.4 cm³/mol. The number of ether oxygens (including phenoxy) is 1. The van der Waals surface area contributed by atoms with Gasteiger partial charge < -0.3 is 10.1 Å². The molecule has 2 unspecified atom stereocenters. The van der Waals surface area contributed by atoms with Crippen LogP contribution >= 0.6 is 15.9 Å². The molecule has 0 saturated heterocycles.